The van der Waals surface area contributed by atoms with Gasteiger partial charge in [-0.05, 0) is 48.7 Å². The molecule has 0 spiro atoms. The molecule has 1 saturated heterocycles. The second-order valence-electron chi connectivity index (χ2n) is 7.09. The van der Waals surface area contributed by atoms with Gasteiger partial charge in [0.05, 0.1) is 21.1 Å². The van der Waals surface area contributed by atoms with Crippen LogP contribution in [0.3, 0.4) is 0 Å². The smallest absolute Gasteiger partial charge is 0.227 e. The highest BCUT2D eigenvalue weighted by Crippen LogP contribution is 2.36. The van der Waals surface area contributed by atoms with Crippen molar-refractivity contribution in [3.63, 3.8) is 0 Å². The van der Waals surface area contributed by atoms with Crippen LogP contribution in [0.1, 0.15) is 5.69 Å². The van der Waals surface area contributed by atoms with Gasteiger partial charge in [-0.15, -0.1) is 22.7 Å². The van der Waals surface area contributed by atoms with E-state index in [4.69, 9.17) is 9.97 Å². The molecule has 5 rings (SSSR count). The van der Waals surface area contributed by atoms with Gasteiger partial charge in [-0.2, -0.15) is 0 Å². The molecule has 8 heteroatoms. The molecule has 0 unspecified atom stereocenters. The van der Waals surface area contributed by atoms with E-state index in [1.165, 1.54) is 10.6 Å². The van der Waals surface area contributed by atoms with Crippen LogP contribution in [0.25, 0.3) is 20.5 Å². The minimum atomic E-state index is 0.591. The molecule has 1 aliphatic rings. The van der Waals surface area contributed by atoms with Crippen LogP contribution in [0.4, 0.5) is 17.3 Å². The highest BCUT2D eigenvalue weighted by atomic mass is 32.1. The molecule has 0 atom stereocenters. The van der Waals surface area contributed by atoms with Crippen molar-refractivity contribution in [2.45, 2.75) is 6.92 Å². The van der Waals surface area contributed by atoms with Gasteiger partial charge < -0.3 is 15.5 Å². The fourth-order valence-electron chi connectivity index (χ4n) is 3.49. The van der Waals surface area contributed by atoms with E-state index in [1.54, 1.807) is 28.9 Å². The summed E-state index contributed by atoms with van der Waals surface area (Å²) in [6.45, 7) is 6.18. The van der Waals surface area contributed by atoms with Crippen molar-refractivity contribution in [2.75, 3.05) is 36.4 Å². The summed E-state index contributed by atoms with van der Waals surface area (Å²) in [6, 6.07) is 14.6. The van der Waals surface area contributed by atoms with Gasteiger partial charge in [-0.1, -0.05) is 6.07 Å². The molecule has 1 aromatic carbocycles. The van der Waals surface area contributed by atoms with Gasteiger partial charge in [0.2, 0.25) is 5.95 Å². The molecule has 6 nitrogen and oxygen atoms in total. The maximum absolute atomic E-state index is 4.74. The molecule has 0 amide bonds. The average molecular weight is 435 g/mol. The Bertz CT molecular complexity index is 1120. The lowest BCUT2D eigenvalue weighted by Crippen LogP contribution is -2.43. The normalized spacial score (nSPS) is 14.1. The monoisotopic (exact) mass is 434 g/mol. The molecule has 1 fully saturated rings. The molecular formula is C22H22N6S2. The molecule has 152 valence electrons. The van der Waals surface area contributed by atoms with Crippen LogP contribution in [0.5, 0.6) is 0 Å². The predicted molar refractivity (Wildman–Crippen MR) is 126 cm³/mol. The average Bonchev–Trinajstić information content (AvgIpc) is 3.45. The largest absolute Gasteiger partial charge is 0.369 e. The Hall–Kier alpha value is -2.81. The van der Waals surface area contributed by atoms with Gasteiger partial charge in [0.25, 0.3) is 0 Å². The third kappa shape index (κ3) is 4.07. The first-order valence-electron chi connectivity index (χ1n) is 9.94. The van der Waals surface area contributed by atoms with Crippen LogP contribution in [0.2, 0.25) is 0 Å². The van der Waals surface area contributed by atoms with E-state index >= 15 is 0 Å². The first kappa shape index (κ1) is 19.2. The minimum Gasteiger partial charge on any atom is -0.369 e. The Morgan fingerprint density at radius 3 is 2.63 bits per heavy atom. The number of benzene rings is 1. The molecule has 2 N–H and O–H groups in total. The number of nitrogens with one attached hydrogen (secondary N) is 2. The van der Waals surface area contributed by atoms with Gasteiger partial charge in [0.15, 0.2) is 0 Å². The maximum atomic E-state index is 4.74. The van der Waals surface area contributed by atoms with E-state index in [2.05, 4.69) is 62.3 Å². The number of thiophene rings is 1. The van der Waals surface area contributed by atoms with Crippen LogP contribution in [0, 0.1) is 6.92 Å². The number of nitrogens with zero attached hydrogens (tertiary/aromatic N) is 4. The number of aromatic nitrogens is 3. The van der Waals surface area contributed by atoms with Crippen molar-refractivity contribution < 1.29 is 0 Å². The molecule has 1 aliphatic heterocycles. The summed E-state index contributed by atoms with van der Waals surface area (Å²) in [6.07, 6.45) is 1.80. The van der Waals surface area contributed by atoms with Crippen molar-refractivity contribution in [3.05, 3.63) is 59.7 Å². The van der Waals surface area contributed by atoms with E-state index in [0.29, 0.717) is 5.95 Å². The van der Waals surface area contributed by atoms with E-state index in [1.807, 2.05) is 13.0 Å². The first-order valence-corrected chi connectivity index (χ1v) is 11.6. The van der Waals surface area contributed by atoms with Crippen molar-refractivity contribution in [1.29, 1.82) is 0 Å². The maximum Gasteiger partial charge on any atom is 0.227 e. The molecular weight excluding hydrogens is 412 g/mol. The SMILES string of the molecule is Cc1nc(-c2cccs2)sc1-c1ccnc(Nc2ccc(N3CCNCC3)cc2)n1. The highest BCUT2D eigenvalue weighted by Gasteiger charge is 2.14. The number of hydrogen-bond donors (Lipinski definition) is 2. The third-order valence-electron chi connectivity index (χ3n) is 5.02. The molecule has 0 bridgehead atoms. The fraction of sp³-hybridized carbons (Fsp3) is 0.227. The van der Waals surface area contributed by atoms with E-state index in [-0.39, 0.29) is 0 Å². The lowest BCUT2D eigenvalue weighted by molar-refractivity contribution is 0.589. The number of rotatable bonds is 5. The zero-order chi connectivity index (χ0) is 20.3. The van der Waals surface area contributed by atoms with Gasteiger partial charge in [-0.3, -0.25) is 0 Å². The highest BCUT2D eigenvalue weighted by molar-refractivity contribution is 7.23. The fourth-order valence-corrected chi connectivity index (χ4v) is 5.33. The second-order valence-corrected chi connectivity index (χ2v) is 9.03. The Kier molecular flexibility index (Phi) is 5.44. The Morgan fingerprint density at radius 1 is 1.03 bits per heavy atom. The van der Waals surface area contributed by atoms with Gasteiger partial charge >= 0.3 is 0 Å². The number of thiazole rings is 1. The zero-order valence-electron chi connectivity index (χ0n) is 16.6. The number of anilines is 3. The van der Waals surface area contributed by atoms with Crippen LogP contribution in [-0.4, -0.2) is 41.1 Å². The zero-order valence-corrected chi connectivity index (χ0v) is 18.3. The summed E-state index contributed by atoms with van der Waals surface area (Å²) < 4.78 is 0. The first-order chi connectivity index (χ1) is 14.8. The van der Waals surface area contributed by atoms with Gasteiger partial charge in [0, 0.05) is 43.8 Å². The second kappa shape index (κ2) is 8.51. The molecule has 30 heavy (non-hydrogen) atoms. The predicted octanol–water partition coefficient (Wildman–Crippen LogP) is 4.79. The number of hydrogen-bond acceptors (Lipinski definition) is 8. The Labute approximate surface area is 183 Å². The lowest BCUT2D eigenvalue weighted by Gasteiger charge is -2.29. The molecule has 4 aromatic rings. The molecule has 4 heterocycles. The summed E-state index contributed by atoms with van der Waals surface area (Å²) in [5.74, 6) is 0.591. The molecule has 0 saturated carbocycles. The van der Waals surface area contributed by atoms with Crippen molar-refractivity contribution in [3.8, 4) is 20.5 Å². The summed E-state index contributed by atoms with van der Waals surface area (Å²) in [5, 5.41) is 9.83. The summed E-state index contributed by atoms with van der Waals surface area (Å²) in [4.78, 5) is 18.5. The van der Waals surface area contributed by atoms with Gasteiger partial charge in [-0.25, -0.2) is 15.0 Å². The van der Waals surface area contributed by atoms with Gasteiger partial charge in [0.1, 0.15) is 5.01 Å². The third-order valence-corrected chi connectivity index (χ3v) is 7.24. The lowest BCUT2D eigenvalue weighted by atomic mass is 10.2. The number of piperazine rings is 1. The number of aryl methyl sites for hydroxylation is 1. The van der Waals surface area contributed by atoms with Crippen molar-refractivity contribution in [1.82, 2.24) is 20.3 Å². The van der Waals surface area contributed by atoms with E-state index in [0.717, 1.165) is 53.1 Å². The van der Waals surface area contributed by atoms with Crippen LogP contribution in [-0.2, 0) is 0 Å². The topological polar surface area (TPSA) is 66.0 Å². The molecule has 0 radical (unpaired) electrons. The summed E-state index contributed by atoms with van der Waals surface area (Å²) >= 11 is 3.38. The van der Waals surface area contributed by atoms with Crippen LogP contribution >= 0.6 is 22.7 Å². The van der Waals surface area contributed by atoms with Crippen LogP contribution in [0.15, 0.2) is 54.0 Å². The van der Waals surface area contributed by atoms with E-state index < -0.39 is 0 Å². The van der Waals surface area contributed by atoms with Crippen molar-refractivity contribution in [2.24, 2.45) is 0 Å². The summed E-state index contributed by atoms with van der Waals surface area (Å²) in [5.41, 5.74) is 4.11. The van der Waals surface area contributed by atoms with Crippen molar-refractivity contribution >= 4 is 40.0 Å². The Morgan fingerprint density at radius 2 is 1.87 bits per heavy atom. The van der Waals surface area contributed by atoms with Crippen LogP contribution < -0.4 is 15.5 Å². The molecule has 3 aromatic heterocycles. The minimum absolute atomic E-state index is 0.591. The molecule has 0 aliphatic carbocycles. The Balaban J connectivity index is 1.34. The standard InChI is InChI=1S/C22H22N6S2/c1-15-20(30-21(25-15)19-3-2-14-29-19)18-8-9-24-22(27-18)26-16-4-6-17(7-5-16)28-12-10-23-11-13-28/h2-9,14,23H,10-13H2,1H3,(H,24,26,27). The summed E-state index contributed by atoms with van der Waals surface area (Å²) in [7, 11) is 0. The van der Waals surface area contributed by atoms with E-state index in [9.17, 15) is 0 Å². The quantitative estimate of drug-likeness (QED) is 0.471.